The SMILES string of the molecule is CC(NC(=O)COC(=O)c1cc(S(C)(=O)=O)ccc1Cl)c1ccc(-c2ccccc2)cc1. The molecular weight excluding hydrogens is 450 g/mol. The normalized spacial score (nSPS) is 12.1. The third-order valence-electron chi connectivity index (χ3n) is 4.82. The zero-order chi connectivity index (χ0) is 23.3. The Morgan fingerprint density at radius 2 is 1.59 bits per heavy atom. The second-order valence-corrected chi connectivity index (χ2v) is 9.69. The van der Waals surface area contributed by atoms with Gasteiger partial charge in [0.1, 0.15) is 0 Å². The summed E-state index contributed by atoms with van der Waals surface area (Å²) in [5.74, 6) is -1.37. The molecule has 0 saturated heterocycles. The Morgan fingerprint density at radius 3 is 2.22 bits per heavy atom. The van der Waals surface area contributed by atoms with Crippen LogP contribution < -0.4 is 5.32 Å². The van der Waals surface area contributed by atoms with Crippen LogP contribution in [0.5, 0.6) is 0 Å². The number of benzene rings is 3. The van der Waals surface area contributed by atoms with Crippen molar-refractivity contribution in [3.8, 4) is 11.1 Å². The van der Waals surface area contributed by atoms with Crippen molar-refractivity contribution in [3.63, 3.8) is 0 Å². The largest absolute Gasteiger partial charge is 0.452 e. The molecule has 166 valence electrons. The Morgan fingerprint density at radius 1 is 0.969 bits per heavy atom. The molecule has 1 unspecified atom stereocenters. The summed E-state index contributed by atoms with van der Waals surface area (Å²) >= 11 is 5.98. The third kappa shape index (κ3) is 5.96. The zero-order valence-electron chi connectivity index (χ0n) is 17.5. The number of rotatable bonds is 7. The molecule has 6 nitrogen and oxygen atoms in total. The monoisotopic (exact) mass is 471 g/mol. The first kappa shape index (κ1) is 23.5. The average molecular weight is 472 g/mol. The van der Waals surface area contributed by atoms with Gasteiger partial charge in [-0.15, -0.1) is 0 Å². The maximum Gasteiger partial charge on any atom is 0.340 e. The van der Waals surface area contributed by atoms with Gasteiger partial charge in [0.2, 0.25) is 0 Å². The molecule has 0 aliphatic heterocycles. The molecule has 0 aliphatic carbocycles. The van der Waals surface area contributed by atoms with Gasteiger partial charge < -0.3 is 10.1 Å². The molecule has 0 bridgehead atoms. The second-order valence-electron chi connectivity index (χ2n) is 7.27. The van der Waals surface area contributed by atoms with Gasteiger partial charge in [0, 0.05) is 6.26 Å². The lowest BCUT2D eigenvalue weighted by atomic mass is 10.0. The summed E-state index contributed by atoms with van der Waals surface area (Å²) in [6, 6.07) is 21.2. The fraction of sp³-hybridized carbons (Fsp3) is 0.167. The number of carbonyl (C=O) groups excluding carboxylic acids is 2. The van der Waals surface area contributed by atoms with Crippen LogP contribution in [0.1, 0.15) is 28.9 Å². The first-order valence-electron chi connectivity index (χ1n) is 9.76. The lowest BCUT2D eigenvalue weighted by Gasteiger charge is -2.15. The Labute approximate surface area is 192 Å². The number of amides is 1. The van der Waals surface area contributed by atoms with E-state index in [1.807, 2.05) is 61.5 Å². The van der Waals surface area contributed by atoms with E-state index in [9.17, 15) is 18.0 Å². The van der Waals surface area contributed by atoms with Crippen LogP contribution in [0.3, 0.4) is 0 Å². The van der Waals surface area contributed by atoms with E-state index in [-0.39, 0.29) is 21.5 Å². The fourth-order valence-corrected chi connectivity index (χ4v) is 3.90. The molecule has 1 amide bonds. The van der Waals surface area contributed by atoms with Gasteiger partial charge in [-0.05, 0) is 41.8 Å². The van der Waals surface area contributed by atoms with E-state index in [0.717, 1.165) is 29.0 Å². The van der Waals surface area contributed by atoms with Gasteiger partial charge in [0.15, 0.2) is 16.4 Å². The number of sulfone groups is 1. The number of ether oxygens (including phenoxy) is 1. The van der Waals surface area contributed by atoms with Gasteiger partial charge in [-0.2, -0.15) is 0 Å². The summed E-state index contributed by atoms with van der Waals surface area (Å²) in [7, 11) is -3.52. The van der Waals surface area contributed by atoms with Gasteiger partial charge in [-0.1, -0.05) is 66.2 Å². The van der Waals surface area contributed by atoms with Crippen LogP contribution in [-0.2, 0) is 19.4 Å². The highest BCUT2D eigenvalue weighted by atomic mass is 35.5. The Bertz CT molecular complexity index is 1230. The predicted octanol–water partition coefficient (Wildman–Crippen LogP) is 4.44. The molecule has 3 aromatic carbocycles. The Hall–Kier alpha value is -3.16. The molecular formula is C24H22ClNO5S. The van der Waals surface area contributed by atoms with Crippen molar-refractivity contribution in [1.29, 1.82) is 0 Å². The lowest BCUT2D eigenvalue weighted by molar-refractivity contribution is -0.124. The van der Waals surface area contributed by atoms with Crippen LogP contribution in [0.25, 0.3) is 11.1 Å². The molecule has 0 heterocycles. The highest BCUT2D eigenvalue weighted by Crippen LogP contribution is 2.23. The highest BCUT2D eigenvalue weighted by Gasteiger charge is 2.18. The molecule has 3 rings (SSSR count). The summed E-state index contributed by atoms with van der Waals surface area (Å²) in [5.41, 5.74) is 2.94. The smallest absolute Gasteiger partial charge is 0.340 e. The molecule has 0 saturated carbocycles. The summed E-state index contributed by atoms with van der Waals surface area (Å²) in [6.45, 7) is 1.30. The Kier molecular flexibility index (Phi) is 7.33. The number of carbonyl (C=O) groups is 2. The van der Waals surface area contributed by atoms with Crippen LogP contribution in [0.4, 0.5) is 0 Å². The van der Waals surface area contributed by atoms with Gasteiger partial charge in [-0.3, -0.25) is 4.79 Å². The van der Waals surface area contributed by atoms with Gasteiger partial charge in [-0.25, -0.2) is 13.2 Å². The summed E-state index contributed by atoms with van der Waals surface area (Å²) in [6.07, 6.45) is 1.02. The van der Waals surface area contributed by atoms with E-state index >= 15 is 0 Å². The number of nitrogens with one attached hydrogen (secondary N) is 1. The van der Waals surface area contributed by atoms with Crippen LogP contribution in [-0.4, -0.2) is 33.2 Å². The quantitative estimate of drug-likeness (QED) is 0.514. The minimum Gasteiger partial charge on any atom is -0.452 e. The molecule has 0 aromatic heterocycles. The van der Waals surface area contributed by atoms with E-state index in [0.29, 0.717) is 0 Å². The maximum atomic E-state index is 12.3. The van der Waals surface area contributed by atoms with Crippen molar-refractivity contribution >= 4 is 33.3 Å². The first-order valence-corrected chi connectivity index (χ1v) is 12.0. The number of esters is 1. The molecule has 32 heavy (non-hydrogen) atoms. The molecule has 0 aliphatic rings. The van der Waals surface area contributed by atoms with E-state index < -0.39 is 28.3 Å². The topological polar surface area (TPSA) is 89.5 Å². The maximum absolute atomic E-state index is 12.3. The van der Waals surface area contributed by atoms with Crippen LogP contribution in [0, 0.1) is 0 Å². The molecule has 8 heteroatoms. The predicted molar refractivity (Wildman–Crippen MR) is 123 cm³/mol. The van der Waals surface area contributed by atoms with Crippen LogP contribution in [0.15, 0.2) is 77.7 Å². The molecule has 1 atom stereocenters. The van der Waals surface area contributed by atoms with Crippen molar-refractivity contribution in [1.82, 2.24) is 5.32 Å². The molecule has 1 N–H and O–H groups in total. The van der Waals surface area contributed by atoms with Crippen molar-refractivity contribution in [2.24, 2.45) is 0 Å². The Balaban J connectivity index is 1.58. The van der Waals surface area contributed by atoms with Crippen LogP contribution >= 0.6 is 11.6 Å². The fourth-order valence-electron chi connectivity index (χ4n) is 3.06. The second kappa shape index (κ2) is 9.97. The van der Waals surface area contributed by atoms with Crippen molar-refractivity contribution in [2.45, 2.75) is 17.9 Å². The molecule has 0 fully saturated rings. The zero-order valence-corrected chi connectivity index (χ0v) is 19.1. The minimum absolute atomic E-state index is 0.0367. The number of halogens is 1. The third-order valence-corrected chi connectivity index (χ3v) is 6.26. The number of hydrogen-bond donors (Lipinski definition) is 1. The van der Waals surface area contributed by atoms with Gasteiger partial charge >= 0.3 is 5.97 Å². The van der Waals surface area contributed by atoms with Gasteiger partial charge in [0.25, 0.3) is 5.91 Å². The minimum atomic E-state index is -3.52. The van der Waals surface area contributed by atoms with Crippen molar-refractivity contribution in [3.05, 3.63) is 88.9 Å². The summed E-state index contributed by atoms with van der Waals surface area (Å²) in [5, 5.41) is 2.80. The van der Waals surface area contributed by atoms with E-state index in [1.165, 1.54) is 12.1 Å². The molecule has 0 radical (unpaired) electrons. The van der Waals surface area contributed by atoms with E-state index in [2.05, 4.69) is 5.32 Å². The van der Waals surface area contributed by atoms with E-state index in [1.54, 1.807) is 0 Å². The van der Waals surface area contributed by atoms with Crippen molar-refractivity contribution < 1.29 is 22.7 Å². The summed E-state index contributed by atoms with van der Waals surface area (Å²) in [4.78, 5) is 24.5. The first-order chi connectivity index (χ1) is 15.1. The van der Waals surface area contributed by atoms with Gasteiger partial charge in [0.05, 0.1) is 21.5 Å². The van der Waals surface area contributed by atoms with Crippen molar-refractivity contribution in [2.75, 3.05) is 12.9 Å². The molecule has 3 aromatic rings. The number of hydrogen-bond acceptors (Lipinski definition) is 5. The highest BCUT2D eigenvalue weighted by molar-refractivity contribution is 7.90. The average Bonchev–Trinajstić information content (AvgIpc) is 2.77. The van der Waals surface area contributed by atoms with E-state index in [4.69, 9.17) is 16.3 Å². The standard InChI is InChI=1S/C24H22ClNO5S/c1-16(17-8-10-19(11-9-17)18-6-4-3-5-7-18)26-23(27)15-31-24(28)21-14-20(32(2,29)30)12-13-22(21)25/h3-14,16H,15H2,1-2H3,(H,26,27). The summed E-state index contributed by atoms with van der Waals surface area (Å²) < 4.78 is 28.4. The lowest BCUT2D eigenvalue weighted by Crippen LogP contribution is -2.31. The molecule has 0 spiro atoms. The van der Waals surface area contributed by atoms with Crippen LogP contribution in [0.2, 0.25) is 5.02 Å².